The summed E-state index contributed by atoms with van der Waals surface area (Å²) in [7, 11) is 1.54. The van der Waals surface area contributed by atoms with Gasteiger partial charge in [0.15, 0.2) is 5.82 Å². The molecule has 0 aliphatic carbocycles. The van der Waals surface area contributed by atoms with Crippen LogP contribution in [-0.2, 0) is 4.79 Å². The molecule has 2 N–H and O–H groups in total. The highest BCUT2D eigenvalue weighted by molar-refractivity contribution is 6.02. The molecule has 0 radical (unpaired) electrons. The minimum Gasteiger partial charge on any atom is -0.355 e. The van der Waals surface area contributed by atoms with Crippen molar-refractivity contribution in [1.82, 2.24) is 15.3 Å². The maximum absolute atomic E-state index is 12.4. The summed E-state index contributed by atoms with van der Waals surface area (Å²) in [5, 5.41) is 5.16. The van der Waals surface area contributed by atoms with E-state index in [-0.39, 0.29) is 5.91 Å². The fraction of sp³-hybridized carbons (Fsp3) is 0.0400. The number of benzene rings is 3. The third-order valence-corrected chi connectivity index (χ3v) is 4.83. The summed E-state index contributed by atoms with van der Waals surface area (Å²) >= 11 is 0. The summed E-state index contributed by atoms with van der Waals surface area (Å²) in [5.41, 5.74) is 4.91. The van der Waals surface area contributed by atoms with E-state index in [1.165, 1.54) is 0 Å². The zero-order valence-corrected chi connectivity index (χ0v) is 16.9. The quantitative estimate of drug-likeness (QED) is 0.463. The smallest absolute Gasteiger partial charge is 0.253 e. The molecular formula is C25H20N4O2. The molecule has 1 aromatic heterocycles. The number of carbonyl (C=O) groups is 2. The second-order valence-electron chi connectivity index (χ2n) is 6.80. The third-order valence-electron chi connectivity index (χ3n) is 4.83. The molecule has 0 saturated heterocycles. The Morgan fingerprint density at radius 1 is 0.774 bits per heavy atom. The first kappa shape index (κ1) is 20.0. The zero-order valence-electron chi connectivity index (χ0n) is 16.9. The van der Waals surface area contributed by atoms with Crippen molar-refractivity contribution in [2.75, 3.05) is 12.4 Å². The Kier molecular flexibility index (Phi) is 5.80. The largest absolute Gasteiger partial charge is 0.355 e. The van der Waals surface area contributed by atoms with E-state index >= 15 is 0 Å². The van der Waals surface area contributed by atoms with Crippen molar-refractivity contribution < 1.29 is 9.59 Å². The summed E-state index contributed by atoms with van der Waals surface area (Å²) in [4.78, 5) is 32.8. The van der Waals surface area contributed by atoms with Gasteiger partial charge in [-0.3, -0.25) is 9.59 Å². The summed E-state index contributed by atoms with van der Waals surface area (Å²) in [6.07, 6.45) is 0.543. The van der Waals surface area contributed by atoms with Crippen molar-refractivity contribution in [3.63, 3.8) is 0 Å². The molecule has 0 aliphatic rings. The van der Waals surface area contributed by atoms with Crippen LogP contribution in [0.1, 0.15) is 10.4 Å². The number of amides is 2. The molecule has 0 spiro atoms. The van der Waals surface area contributed by atoms with E-state index in [4.69, 9.17) is 9.97 Å². The summed E-state index contributed by atoms with van der Waals surface area (Å²) < 4.78 is 0. The lowest BCUT2D eigenvalue weighted by atomic mass is 10.0. The minimum atomic E-state index is -0.311. The monoisotopic (exact) mass is 408 g/mol. The predicted molar refractivity (Wildman–Crippen MR) is 121 cm³/mol. The first-order chi connectivity index (χ1) is 15.2. The minimum absolute atomic E-state index is 0.311. The fourth-order valence-corrected chi connectivity index (χ4v) is 3.29. The van der Waals surface area contributed by atoms with Gasteiger partial charge in [-0.25, -0.2) is 9.97 Å². The van der Waals surface area contributed by atoms with E-state index in [0.717, 1.165) is 22.5 Å². The van der Waals surface area contributed by atoms with E-state index in [0.29, 0.717) is 29.0 Å². The van der Waals surface area contributed by atoms with Gasteiger partial charge in [-0.05, 0) is 24.3 Å². The van der Waals surface area contributed by atoms with Crippen LogP contribution >= 0.6 is 0 Å². The lowest BCUT2D eigenvalue weighted by Gasteiger charge is -2.12. The normalized spacial score (nSPS) is 10.4. The van der Waals surface area contributed by atoms with Gasteiger partial charge in [-0.1, -0.05) is 60.7 Å². The predicted octanol–water partition coefficient (Wildman–Crippen LogP) is 4.41. The summed E-state index contributed by atoms with van der Waals surface area (Å²) in [5.74, 6) is 0.178. The van der Waals surface area contributed by atoms with Crippen LogP contribution < -0.4 is 10.6 Å². The van der Waals surface area contributed by atoms with Crippen molar-refractivity contribution in [2.24, 2.45) is 0 Å². The topological polar surface area (TPSA) is 84.0 Å². The van der Waals surface area contributed by atoms with Gasteiger partial charge < -0.3 is 10.6 Å². The molecule has 1 heterocycles. The van der Waals surface area contributed by atoms with Crippen LogP contribution in [-0.4, -0.2) is 29.3 Å². The SMILES string of the molecule is CNC(=O)c1cc(-c2nc(-c3ccccc3)cc(-c3ccccc3)n2)ccc1NC=O. The molecule has 0 atom stereocenters. The second-order valence-corrected chi connectivity index (χ2v) is 6.80. The Labute approximate surface area is 180 Å². The molecule has 2 amide bonds. The number of aromatic nitrogens is 2. The highest BCUT2D eigenvalue weighted by Gasteiger charge is 2.15. The van der Waals surface area contributed by atoms with E-state index in [2.05, 4.69) is 10.6 Å². The number of nitrogens with zero attached hydrogens (tertiary/aromatic N) is 2. The number of nitrogens with one attached hydrogen (secondary N) is 2. The summed E-state index contributed by atoms with van der Waals surface area (Å²) in [6.45, 7) is 0. The Morgan fingerprint density at radius 3 is 1.87 bits per heavy atom. The second kappa shape index (κ2) is 9.00. The molecule has 4 rings (SSSR count). The fourth-order valence-electron chi connectivity index (χ4n) is 3.29. The molecule has 31 heavy (non-hydrogen) atoms. The molecular weight excluding hydrogens is 388 g/mol. The van der Waals surface area contributed by atoms with Crippen LogP contribution in [0.2, 0.25) is 0 Å². The van der Waals surface area contributed by atoms with Gasteiger partial charge in [0.1, 0.15) is 0 Å². The van der Waals surface area contributed by atoms with E-state index < -0.39 is 0 Å². The number of rotatable bonds is 6. The van der Waals surface area contributed by atoms with Crippen molar-refractivity contribution >= 4 is 18.0 Å². The van der Waals surface area contributed by atoms with E-state index in [1.54, 1.807) is 25.2 Å². The Hall–Kier alpha value is -4.32. The molecule has 4 aromatic rings. The van der Waals surface area contributed by atoms with E-state index in [1.807, 2.05) is 66.7 Å². The molecule has 6 nitrogen and oxygen atoms in total. The molecule has 152 valence electrons. The third kappa shape index (κ3) is 4.33. The van der Waals surface area contributed by atoms with Gasteiger partial charge in [0, 0.05) is 23.7 Å². The summed E-state index contributed by atoms with van der Waals surface area (Å²) in [6, 6.07) is 26.8. The first-order valence-corrected chi connectivity index (χ1v) is 9.76. The Morgan fingerprint density at radius 2 is 1.35 bits per heavy atom. The molecule has 3 aromatic carbocycles. The number of anilines is 1. The Balaban J connectivity index is 1.90. The molecule has 0 saturated carbocycles. The molecule has 0 fully saturated rings. The van der Waals surface area contributed by atoms with Gasteiger partial charge in [0.2, 0.25) is 6.41 Å². The molecule has 0 aliphatic heterocycles. The Bertz CT molecular complexity index is 1170. The van der Waals surface area contributed by atoms with Crippen molar-refractivity contribution in [3.05, 3.63) is 90.5 Å². The van der Waals surface area contributed by atoms with Gasteiger partial charge in [-0.15, -0.1) is 0 Å². The van der Waals surface area contributed by atoms with Crippen LogP contribution in [0.15, 0.2) is 84.9 Å². The maximum atomic E-state index is 12.4. The van der Waals surface area contributed by atoms with Gasteiger partial charge in [-0.2, -0.15) is 0 Å². The van der Waals surface area contributed by atoms with Crippen LogP contribution in [0, 0.1) is 0 Å². The number of hydrogen-bond donors (Lipinski definition) is 2. The van der Waals surface area contributed by atoms with Crippen molar-refractivity contribution in [1.29, 1.82) is 0 Å². The van der Waals surface area contributed by atoms with Crippen molar-refractivity contribution in [2.45, 2.75) is 0 Å². The average molecular weight is 408 g/mol. The van der Waals surface area contributed by atoms with Crippen LogP contribution in [0.25, 0.3) is 33.9 Å². The lowest BCUT2D eigenvalue weighted by molar-refractivity contribution is -0.105. The number of carbonyl (C=O) groups excluding carboxylic acids is 2. The van der Waals surface area contributed by atoms with Crippen LogP contribution in [0.4, 0.5) is 5.69 Å². The first-order valence-electron chi connectivity index (χ1n) is 9.76. The maximum Gasteiger partial charge on any atom is 0.253 e. The van der Waals surface area contributed by atoms with Gasteiger partial charge in [0.25, 0.3) is 5.91 Å². The average Bonchev–Trinajstić information content (AvgIpc) is 2.85. The highest BCUT2D eigenvalue weighted by Crippen LogP contribution is 2.29. The zero-order chi connectivity index (χ0) is 21.6. The van der Waals surface area contributed by atoms with E-state index in [9.17, 15) is 9.59 Å². The van der Waals surface area contributed by atoms with Gasteiger partial charge in [0.05, 0.1) is 22.6 Å². The lowest BCUT2D eigenvalue weighted by Crippen LogP contribution is -2.19. The highest BCUT2D eigenvalue weighted by atomic mass is 16.1. The van der Waals surface area contributed by atoms with Crippen molar-refractivity contribution in [3.8, 4) is 33.9 Å². The number of hydrogen-bond acceptors (Lipinski definition) is 4. The molecule has 0 bridgehead atoms. The van der Waals surface area contributed by atoms with Crippen LogP contribution in [0.5, 0.6) is 0 Å². The molecule has 0 unspecified atom stereocenters. The molecule has 6 heteroatoms. The van der Waals surface area contributed by atoms with Gasteiger partial charge >= 0.3 is 0 Å². The standard InChI is InChI=1S/C25H20N4O2/c1-26-25(31)20-14-19(12-13-21(20)27-16-30)24-28-22(17-8-4-2-5-9-17)15-23(29-24)18-10-6-3-7-11-18/h2-16H,1H3,(H,26,31)(H,27,30). The van der Waals surface area contributed by atoms with Crippen LogP contribution in [0.3, 0.4) is 0 Å².